The Balaban J connectivity index is 1.48. The van der Waals surface area contributed by atoms with Gasteiger partial charge in [0, 0.05) is 29.3 Å². The van der Waals surface area contributed by atoms with E-state index in [0.717, 1.165) is 41.0 Å². The van der Waals surface area contributed by atoms with Gasteiger partial charge in [0.05, 0.1) is 10.6 Å². The number of aromatic amines is 1. The van der Waals surface area contributed by atoms with Gasteiger partial charge in [-0.05, 0) is 72.4 Å². The Morgan fingerprint density at radius 1 is 1.03 bits per heavy atom. The van der Waals surface area contributed by atoms with Gasteiger partial charge in [-0.1, -0.05) is 24.3 Å². The monoisotopic (exact) mass is 413 g/mol. The summed E-state index contributed by atoms with van der Waals surface area (Å²) < 4.78 is 0. The molecule has 5 heteroatoms. The van der Waals surface area contributed by atoms with Crippen LogP contribution in [0.25, 0.3) is 10.9 Å². The number of nitrogens with zero attached hydrogens (tertiary/aromatic N) is 2. The number of hydrogen-bond donors (Lipinski definition) is 1. The second-order valence-electron chi connectivity index (χ2n) is 8.24. The molecule has 0 saturated heterocycles. The van der Waals surface area contributed by atoms with E-state index in [4.69, 9.17) is 0 Å². The number of amides is 1. The van der Waals surface area contributed by atoms with E-state index in [1.54, 1.807) is 11.3 Å². The van der Waals surface area contributed by atoms with E-state index < -0.39 is 0 Å². The molecular weight excluding hydrogens is 390 g/mol. The lowest BCUT2D eigenvalue weighted by Gasteiger charge is -2.35. The SMILES string of the molecule is O=C(c1scc2c1CCCC2)N1CCc2c([nH]c3ccccc23)C1c1ccccn1. The average molecular weight is 414 g/mol. The Bertz CT molecular complexity index is 1240. The van der Waals surface area contributed by atoms with E-state index in [0.29, 0.717) is 6.54 Å². The quantitative estimate of drug-likeness (QED) is 0.485. The van der Waals surface area contributed by atoms with Gasteiger partial charge in [0.2, 0.25) is 0 Å². The van der Waals surface area contributed by atoms with E-state index in [-0.39, 0.29) is 11.9 Å². The molecule has 4 nitrogen and oxygen atoms in total. The summed E-state index contributed by atoms with van der Waals surface area (Å²) in [6, 6.07) is 14.2. The summed E-state index contributed by atoms with van der Waals surface area (Å²) in [5, 5.41) is 3.46. The fourth-order valence-electron chi connectivity index (χ4n) is 5.13. The van der Waals surface area contributed by atoms with E-state index in [2.05, 4.69) is 39.6 Å². The summed E-state index contributed by atoms with van der Waals surface area (Å²) in [5.74, 6) is 0.156. The Kier molecular flexibility index (Phi) is 4.23. The van der Waals surface area contributed by atoms with Crippen LogP contribution in [-0.4, -0.2) is 27.3 Å². The molecule has 150 valence electrons. The topological polar surface area (TPSA) is 49.0 Å². The number of H-pyrrole nitrogens is 1. The molecule has 1 unspecified atom stereocenters. The number of pyridine rings is 1. The van der Waals surface area contributed by atoms with Crippen molar-refractivity contribution >= 4 is 28.1 Å². The molecule has 0 saturated carbocycles. The van der Waals surface area contributed by atoms with E-state index in [1.165, 1.54) is 34.9 Å². The second kappa shape index (κ2) is 7.10. The van der Waals surface area contributed by atoms with Crippen molar-refractivity contribution in [3.05, 3.63) is 87.0 Å². The first kappa shape index (κ1) is 17.9. The van der Waals surface area contributed by atoms with Crippen LogP contribution in [0.4, 0.5) is 0 Å². The molecular formula is C25H23N3OS. The first-order valence-electron chi connectivity index (χ1n) is 10.7. The van der Waals surface area contributed by atoms with Gasteiger partial charge in [0.15, 0.2) is 0 Å². The summed E-state index contributed by atoms with van der Waals surface area (Å²) in [5.41, 5.74) is 7.15. The first-order valence-corrected chi connectivity index (χ1v) is 11.6. The molecule has 3 aromatic heterocycles. The molecule has 30 heavy (non-hydrogen) atoms. The Morgan fingerprint density at radius 2 is 1.90 bits per heavy atom. The van der Waals surface area contributed by atoms with Crippen molar-refractivity contribution in [3.8, 4) is 0 Å². The van der Waals surface area contributed by atoms with Crippen molar-refractivity contribution in [3.63, 3.8) is 0 Å². The molecule has 4 heterocycles. The maximum Gasteiger partial charge on any atom is 0.265 e. The molecule has 0 bridgehead atoms. The molecule has 2 aliphatic rings. The Labute approximate surface area is 179 Å². The number of thiophene rings is 1. The summed E-state index contributed by atoms with van der Waals surface area (Å²) >= 11 is 1.63. The minimum absolute atomic E-state index is 0.156. The number of para-hydroxylation sites is 1. The van der Waals surface area contributed by atoms with E-state index in [9.17, 15) is 4.79 Å². The van der Waals surface area contributed by atoms with Crippen molar-refractivity contribution in [2.45, 2.75) is 38.1 Å². The molecule has 1 N–H and O–H groups in total. The summed E-state index contributed by atoms with van der Waals surface area (Å²) in [6.45, 7) is 0.710. The minimum atomic E-state index is -0.184. The highest BCUT2D eigenvalue weighted by molar-refractivity contribution is 7.12. The van der Waals surface area contributed by atoms with Gasteiger partial charge < -0.3 is 9.88 Å². The predicted molar refractivity (Wildman–Crippen MR) is 120 cm³/mol. The first-order chi connectivity index (χ1) is 14.8. The number of carbonyl (C=O) groups is 1. The number of carbonyl (C=O) groups excluding carboxylic acids is 1. The van der Waals surface area contributed by atoms with Crippen molar-refractivity contribution < 1.29 is 4.79 Å². The third kappa shape index (κ3) is 2.72. The second-order valence-corrected chi connectivity index (χ2v) is 9.12. The minimum Gasteiger partial charge on any atom is -0.356 e. The maximum absolute atomic E-state index is 13.8. The van der Waals surface area contributed by atoms with Crippen molar-refractivity contribution in [1.29, 1.82) is 0 Å². The van der Waals surface area contributed by atoms with Gasteiger partial charge in [-0.3, -0.25) is 9.78 Å². The summed E-state index contributed by atoms with van der Waals surface area (Å²) in [4.78, 5) is 25.1. The van der Waals surface area contributed by atoms with Gasteiger partial charge in [0.25, 0.3) is 5.91 Å². The molecule has 1 atom stereocenters. The molecule has 1 aromatic carbocycles. The smallest absolute Gasteiger partial charge is 0.265 e. The van der Waals surface area contributed by atoms with Gasteiger partial charge in [-0.2, -0.15) is 0 Å². The van der Waals surface area contributed by atoms with Crippen LogP contribution in [0.1, 0.15) is 56.6 Å². The van der Waals surface area contributed by atoms with E-state index in [1.807, 2.05) is 29.3 Å². The third-order valence-corrected chi connectivity index (χ3v) is 7.62. The highest BCUT2D eigenvalue weighted by atomic mass is 32.1. The molecule has 0 radical (unpaired) electrons. The molecule has 6 rings (SSSR count). The van der Waals surface area contributed by atoms with E-state index >= 15 is 0 Å². The lowest BCUT2D eigenvalue weighted by atomic mass is 9.92. The lowest BCUT2D eigenvalue weighted by Crippen LogP contribution is -2.41. The van der Waals surface area contributed by atoms with Crippen LogP contribution in [0.3, 0.4) is 0 Å². The van der Waals surface area contributed by atoms with Crippen LogP contribution in [0.5, 0.6) is 0 Å². The zero-order valence-corrected chi connectivity index (χ0v) is 17.5. The summed E-state index contributed by atoms with van der Waals surface area (Å²) in [7, 11) is 0. The summed E-state index contributed by atoms with van der Waals surface area (Å²) in [6.07, 6.45) is 7.23. The van der Waals surface area contributed by atoms with Gasteiger partial charge >= 0.3 is 0 Å². The molecule has 4 aromatic rings. The molecule has 1 amide bonds. The van der Waals surface area contributed by atoms with Crippen molar-refractivity contribution in [2.75, 3.05) is 6.54 Å². The zero-order valence-electron chi connectivity index (χ0n) is 16.7. The van der Waals surface area contributed by atoms with Crippen LogP contribution in [0.15, 0.2) is 54.0 Å². The van der Waals surface area contributed by atoms with Crippen molar-refractivity contribution in [2.24, 2.45) is 0 Å². The van der Waals surface area contributed by atoms with Gasteiger partial charge in [0.1, 0.15) is 6.04 Å². The molecule has 1 aliphatic carbocycles. The van der Waals surface area contributed by atoms with Crippen LogP contribution >= 0.6 is 11.3 Å². The average Bonchev–Trinajstić information content (AvgIpc) is 3.40. The number of hydrogen-bond acceptors (Lipinski definition) is 3. The lowest BCUT2D eigenvalue weighted by molar-refractivity contribution is 0.0692. The van der Waals surface area contributed by atoms with Gasteiger partial charge in [-0.15, -0.1) is 11.3 Å². The number of rotatable bonds is 2. The number of aryl methyl sites for hydroxylation is 1. The third-order valence-electron chi connectivity index (χ3n) is 6.56. The van der Waals surface area contributed by atoms with Crippen LogP contribution < -0.4 is 0 Å². The fourth-order valence-corrected chi connectivity index (χ4v) is 6.25. The zero-order chi connectivity index (χ0) is 20.1. The molecule has 1 aliphatic heterocycles. The normalized spacial score (nSPS) is 18.3. The number of fused-ring (bicyclic) bond motifs is 4. The highest BCUT2D eigenvalue weighted by Gasteiger charge is 2.37. The largest absolute Gasteiger partial charge is 0.356 e. The number of aromatic nitrogens is 2. The van der Waals surface area contributed by atoms with Crippen LogP contribution in [0.2, 0.25) is 0 Å². The fraction of sp³-hybridized carbons (Fsp3) is 0.280. The van der Waals surface area contributed by atoms with Crippen LogP contribution in [0, 0.1) is 0 Å². The van der Waals surface area contributed by atoms with Crippen LogP contribution in [-0.2, 0) is 19.3 Å². The molecule has 0 fully saturated rings. The number of nitrogens with one attached hydrogen (secondary N) is 1. The predicted octanol–water partition coefficient (Wildman–Crippen LogP) is 5.29. The van der Waals surface area contributed by atoms with Crippen molar-refractivity contribution in [1.82, 2.24) is 14.9 Å². The molecule has 0 spiro atoms. The Hall–Kier alpha value is -2.92. The maximum atomic E-state index is 13.8. The van der Waals surface area contributed by atoms with Gasteiger partial charge in [-0.25, -0.2) is 0 Å². The standard InChI is InChI=1S/C25H23N3OS/c29-25(24-17-8-2-1-7-16(17)15-30-24)28-14-12-19-18-9-3-4-10-20(18)27-22(19)23(28)21-11-5-6-13-26-21/h3-6,9-11,13,15,23,27H,1-2,7-8,12,14H2. The highest BCUT2D eigenvalue weighted by Crippen LogP contribution is 2.40. The number of benzene rings is 1. The Morgan fingerprint density at radius 3 is 2.80 bits per heavy atom.